The van der Waals surface area contributed by atoms with Crippen LogP contribution in [0.25, 0.3) is 0 Å². The average molecular weight is 269 g/mol. The highest BCUT2D eigenvalue weighted by Crippen LogP contribution is 2.27. The highest BCUT2D eigenvalue weighted by Gasteiger charge is 2.39. The van der Waals surface area contributed by atoms with E-state index in [1.165, 1.54) is 12.1 Å². The number of halogens is 1. The van der Waals surface area contributed by atoms with E-state index >= 15 is 0 Å². The summed E-state index contributed by atoms with van der Waals surface area (Å²) in [4.78, 5) is 12.4. The zero-order valence-corrected chi connectivity index (χ0v) is 10.6. The molecule has 1 aromatic carbocycles. The van der Waals surface area contributed by atoms with Crippen molar-refractivity contribution >= 4 is 5.97 Å². The third kappa shape index (κ3) is 3.42. The zero-order valence-electron chi connectivity index (χ0n) is 10.6. The van der Waals surface area contributed by atoms with Gasteiger partial charge in [-0.3, -0.25) is 4.90 Å². The summed E-state index contributed by atoms with van der Waals surface area (Å²) in [5.74, 6) is -1.98. The van der Waals surface area contributed by atoms with E-state index in [-0.39, 0.29) is 12.4 Å². The predicted octanol–water partition coefficient (Wildman–Crippen LogP) is 1.21. The SMILES string of the molecule is CC1(OCC(=O)O)CN(Cc2ccc(O)c(F)c2)C1. The van der Waals surface area contributed by atoms with Crippen molar-refractivity contribution in [3.05, 3.63) is 29.6 Å². The summed E-state index contributed by atoms with van der Waals surface area (Å²) in [6, 6.07) is 4.28. The molecule has 0 spiro atoms. The van der Waals surface area contributed by atoms with Gasteiger partial charge in [-0.05, 0) is 24.6 Å². The Morgan fingerprint density at radius 3 is 2.79 bits per heavy atom. The number of carbonyl (C=O) groups is 1. The second kappa shape index (κ2) is 5.14. The van der Waals surface area contributed by atoms with Crippen molar-refractivity contribution in [1.82, 2.24) is 4.90 Å². The van der Waals surface area contributed by atoms with Gasteiger partial charge >= 0.3 is 5.97 Å². The van der Waals surface area contributed by atoms with Gasteiger partial charge in [0.15, 0.2) is 11.6 Å². The van der Waals surface area contributed by atoms with Gasteiger partial charge in [-0.15, -0.1) is 0 Å². The fraction of sp³-hybridized carbons (Fsp3) is 0.462. The van der Waals surface area contributed by atoms with Gasteiger partial charge in [0.25, 0.3) is 0 Å². The number of carboxylic acids is 1. The lowest BCUT2D eigenvalue weighted by atomic mass is 9.95. The van der Waals surface area contributed by atoms with Crippen LogP contribution in [0.15, 0.2) is 18.2 Å². The lowest BCUT2D eigenvalue weighted by molar-refractivity contribution is -0.165. The van der Waals surface area contributed by atoms with Gasteiger partial charge in [0.2, 0.25) is 0 Å². The van der Waals surface area contributed by atoms with Crippen LogP contribution in [0.4, 0.5) is 4.39 Å². The van der Waals surface area contributed by atoms with Crippen LogP contribution < -0.4 is 0 Å². The third-order valence-corrected chi connectivity index (χ3v) is 3.08. The molecule has 1 heterocycles. The van der Waals surface area contributed by atoms with Crippen LogP contribution in [-0.2, 0) is 16.1 Å². The highest BCUT2D eigenvalue weighted by atomic mass is 19.1. The topological polar surface area (TPSA) is 70.0 Å². The van der Waals surface area contributed by atoms with Crippen LogP contribution in [0.3, 0.4) is 0 Å². The summed E-state index contributed by atoms with van der Waals surface area (Å²) in [7, 11) is 0. The molecule has 1 fully saturated rings. The Hall–Kier alpha value is -1.66. The molecule has 1 aromatic rings. The predicted molar refractivity (Wildman–Crippen MR) is 65.3 cm³/mol. The molecule has 2 N–H and O–H groups in total. The minimum atomic E-state index is -0.986. The van der Waals surface area contributed by atoms with Gasteiger partial charge in [0.1, 0.15) is 6.61 Å². The van der Waals surface area contributed by atoms with Crippen molar-refractivity contribution in [1.29, 1.82) is 0 Å². The van der Waals surface area contributed by atoms with Gasteiger partial charge in [-0.2, -0.15) is 0 Å². The number of carboxylic acid groups (broad SMARTS) is 1. The minimum Gasteiger partial charge on any atom is -0.505 e. The molecule has 0 atom stereocenters. The number of aliphatic carboxylic acids is 1. The zero-order chi connectivity index (χ0) is 14.0. The van der Waals surface area contributed by atoms with Gasteiger partial charge < -0.3 is 14.9 Å². The standard InChI is InChI=1S/C13H16FNO4/c1-13(19-6-12(17)18)7-15(8-13)5-9-2-3-11(16)10(14)4-9/h2-4,16H,5-8H2,1H3,(H,17,18). The molecule has 0 aromatic heterocycles. The first kappa shape index (κ1) is 13.8. The Bertz CT molecular complexity index is 486. The normalized spacial score (nSPS) is 18.0. The molecule has 0 radical (unpaired) electrons. The molecular formula is C13H16FNO4. The van der Waals surface area contributed by atoms with Crippen molar-refractivity contribution in [2.24, 2.45) is 0 Å². The van der Waals surface area contributed by atoms with E-state index in [9.17, 15) is 9.18 Å². The van der Waals surface area contributed by atoms with E-state index in [0.717, 1.165) is 5.56 Å². The summed E-state index contributed by atoms with van der Waals surface area (Å²) in [6.45, 7) is 3.29. The number of likely N-dealkylation sites (tertiary alicyclic amines) is 1. The smallest absolute Gasteiger partial charge is 0.329 e. The molecule has 6 heteroatoms. The first-order valence-corrected chi connectivity index (χ1v) is 5.93. The van der Waals surface area contributed by atoms with E-state index in [0.29, 0.717) is 19.6 Å². The monoisotopic (exact) mass is 269 g/mol. The van der Waals surface area contributed by atoms with E-state index in [1.807, 2.05) is 11.8 Å². The fourth-order valence-electron chi connectivity index (χ4n) is 2.25. The maximum absolute atomic E-state index is 13.2. The molecule has 0 amide bonds. The van der Waals surface area contributed by atoms with Crippen LogP contribution in [0.5, 0.6) is 5.75 Å². The average Bonchev–Trinajstić information content (AvgIpc) is 2.29. The van der Waals surface area contributed by atoms with E-state index in [2.05, 4.69) is 0 Å². The highest BCUT2D eigenvalue weighted by molar-refractivity contribution is 5.68. The third-order valence-electron chi connectivity index (χ3n) is 3.08. The van der Waals surface area contributed by atoms with Crippen LogP contribution in [0.2, 0.25) is 0 Å². The van der Waals surface area contributed by atoms with Gasteiger partial charge in [0.05, 0.1) is 5.60 Å². The lowest BCUT2D eigenvalue weighted by Gasteiger charge is -2.47. The summed E-state index contributed by atoms with van der Waals surface area (Å²) in [5, 5.41) is 17.6. The first-order chi connectivity index (χ1) is 8.88. The van der Waals surface area contributed by atoms with Crippen LogP contribution in [-0.4, -0.2) is 46.4 Å². The van der Waals surface area contributed by atoms with Crippen molar-refractivity contribution in [3.8, 4) is 5.75 Å². The molecule has 0 unspecified atom stereocenters. The number of rotatable bonds is 5. The Kier molecular flexibility index (Phi) is 3.73. The maximum atomic E-state index is 13.2. The number of aromatic hydroxyl groups is 1. The molecule has 1 aliphatic heterocycles. The minimum absolute atomic E-state index is 0.307. The van der Waals surface area contributed by atoms with Crippen LogP contribution in [0.1, 0.15) is 12.5 Å². The van der Waals surface area contributed by atoms with Crippen molar-refractivity contribution in [2.45, 2.75) is 19.1 Å². The number of phenolic OH excluding ortho intramolecular Hbond substituents is 1. The number of phenols is 1. The summed E-state index contributed by atoms with van der Waals surface area (Å²) in [5.41, 5.74) is 0.309. The quantitative estimate of drug-likeness (QED) is 0.840. The summed E-state index contributed by atoms with van der Waals surface area (Å²) in [6.07, 6.45) is 0. The lowest BCUT2D eigenvalue weighted by Crippen LogP contribution is -2.61. The Morgan fingerprint density at radius 1 is 1.53 bits per heavy atom. The Labute approximate surface area is 110 Å². The van der Waals surface area contributed by atoms with Crippen molar-refractivity contribution in [3.63, 3.8) is 0 Å². The van der Waals surface area contributed by atoms with Gasteiger partial charge in [0, 0.05) is 19.6 Å². The molecule has 0 bridgehead atoms. The Morgan fingerprint density at radius 2 is 2.21 bits per heavy atom. The molecule has 19 heavy (non-hydrogen) atoms. The van der Waals surface area contributed by atoms with Crippen LogP contribution in [0, 0.1) is 5.82 Å². The number of benzene rings is 1. The molecule has 0 aliphatic carbocycles. The maximum Gasteiger partial charge on any atom is 0.329 e. The Balaban J connectivity index is 1.84. The first-order valence-electron chi connectivity index (χ1n) is 5.93. The second-order valence-corrected chi connectivity index (χ2v) is 5.06. The molecule has 1 aliphatic rings. The summed E-state index contributed by atoms with van der Waals surface area (Å²) >= 11 is 0. The molecule has 104 valence electrons. The number of nitrogens with zero attached hydrogens (tertiary/aromatic N) is 1. The van der Waals surface area contributed by atoms with E-state index < -0.39 is 17.4 Å². The van der Waals surface area contributed by atoms with Gasteiger partial charge in [-0.25, -0.2) is 9.18 Å². The molecule has 0 saturated carbocycles. The van der Waals surface area contributed by atoms with Crippen molar-refractivity contribution < 1.29 is 24.1 Å². The van der Waals surface area contributed by atoms with E-state index in [4.69, 9.17) is 14.9 Å². The molecular weight excluding hydrogens is 253 g/mol. The van der Waals surface area contributed by atoms with E-state index in [1.54, 1.807) is 6.07 Å². The second-order valence-electron chi connectivity index (χ2n) is 5.06. The molecule has 2 rings (SSSR count). The van der Waals surface area contributed by atoms with Crippen molar-refractivity contribution in [2.75, 3.05) is 19.7 Å². The van der Waals surface area contributed by atoms with Crippen LogP contribution >= 0.6 is 0 Å². The fourth-order valence-corrected chi connectivity index (χ4v) is 2.25. The number of hydrogen-bond donors (Lipinski definition) is 2. The van der Waals surface area contributed by atoms with Gasteiger partial charge in [-0.1, -0.05) is 6.07 Å². The summed E-state index contributed by atoms with van der Waals surface area (Å²) < 4.78 is 18.4. The molecule has 5 nitrogen and oxygen atoms in total. The largest absolute Gasteiger partial charge is 0.505 e. The number of ether oxygens (including phenoxy) is 1. The molecule has 1 saturated heterocycles. The number of hydrogen-bond acceptors (Lipinski definition) is 4.